The van der Waals surface area contributed by atoms with Crippen LogP contribution < -0.4 is 15.2 Å². The summed E-state index contributed by atoms with van der Waals surface area (Å²) in [7, 11) is 1.61. The molecule has 0 amide bonds. The number of nitrogen functional groups attached to an aromatic ring is 1. The summed E-state index contributed by atoms with van der Waals surface area (Å²) in [5.41, 5.74) is 7.95. The van der Waals surface area contributed by atoms with Crippen LogP contribution in [0.5, 0.6) is 11.5 Å². The van der Waals surface area contributed by atoms with Crippen molar-refractivity contribution in [2.75, 3.05) is 39.2 Å². The molecule has 1 unspecified atom stereocenters. The molecule has 7 nitrogen and oxygen atoms in total. The van der Waals surface area contributed by atoms with E-state index in [9.17, 15) is 0 Å². The second kappa shape index (κ2) is 8.41. The van der Waals surface area contributed by atoms with Crippen LogP contribution in [0.2, 0.25) is 0 Å². The summed E-state index contributed by atoms with van der Waals surface area (Å²) >= 11 is 0. The molecule has 7 heteroatoms. The summed E-state index contributed by atoms with van der Waals surface area (Å²) in [6.45, 7) is 3.62. The van der Waals surface area contributed by atoms with Gasteiger partial charge in [0.25, 0.3) is 0 Å². The highest BCUT2D eigenvalue weighted by atomic mass is 16.5. The van der Waals surface area contributed by atoms with Crippen LogP contribution in [0.4, 0.5) is 5.82 Å². The number of anilines is 1. The maximum atomic E-state index is 6.14. The number of rotatable bonds is 6. The van der Waals surface area contributed by atoms with Gasteiger partial charge in [0.15, 0.2) is 11.5 Å². The summed E-state index contributed by atoms with van der Waals surface area (Å²) in [4.78, 5) is 10.7. The normalized spacial score (nSPS) is 17.5. The Morgan fingerprint density at radius 1 is 1.18 bits per heavy atom. The van der Waals surface area contributed by atoms with Gasteiger partial charge in [-0.25, -0.2) is 9.97 Å². The minimum atomic E-state index is 0.157. The first-order valence-corrected chi connectivity index (χ1v) is 9.31. The van der Waals surface area contributed by atoms with Gasteiger partial charge in [0.1, 0.15) is 18.8 Å². The van der Waals surface area contributed by atoms with E-state index in [-0.39, 0.29) is 6.04 Å². The number of nitrogens with two attached hydrogens (primary N) is 1. The van der Waals surface area contributed by atoms with Crippen molar-refractivity contribution in [3.63, 3.8) is 0 Å². The molecule has 1 aromatic heterocycles. The standard InChI is InChI=1S/C21H24N4O3/c1-26-19-9-17-18(23-14-24-21(17)22)10-20(19)28-13-16-12-27-8-7-25(16)11-15-5-3-2-4-6-15/h2-6,9-10,14,16H,7-8,11-13H2,1H3,(H2,22,23,24). The molecule has 2 heterocycles. The van der Waals surface area contributed by atoms with Gasteiger partial charge in [0, 0.05) is 24.5 Å². The van der Waals surface area contributed by atoms with Gasteiger partial charge < -0.3 is 19.9 Å². The van der Waals surface area contributed by atoms with Gasteiger partial charge in [-0.2, -0.15) is 0 Å². The summed E-state index contributed by atoms with van der Waals surface area (Å²) in [5, 5.41) is 0.749. The molecule has 4 rings (SSSR count). The van der Waals surface area contributed by atoms with Crippen LogP contribution in [0.15, 0.2) is 48.8 Å². The van der Waals surface area contributed by atoms with Gasteiger partial charge in [0.05, 0.1) is 31.9 Å². The molecular weight excluding hydrogens is 356 g/mol. The number of methoxy groups -OCH3 is 1. The fourth-order valence-electron chi connectivity index (χ4n) is 3.41. The highest BCUT2D eigenvalue weighted by Gasteiger charge is 2.24. The van der Waals surface area contributed by atoms with Crippen molar-refractivity contribution in [2.24, 2.45) is 0 Å². The summed E-state index contributed by atoms with van der Waals surface area (Å²) in [5.74, 6) is 1.67. The Hall–Kier alpha value is -2.90. The molecule has 1 fully saturated rings. The molecule has 1 atom stereocenters. The van der Waals surface area contributed by atoms with E-state index < -0.39 is 0 Å². The fraction of sp³-hybridized carbons (Fsp3) is 0.333. The van der Waals surface area contributed by atoms with E-state index in [1.165, 1.54) is 11.9 Å². The molecule has 1 aliphatic heterocycles. The van der Waals surface area contributed by atoms with E-state index in [2.05, 4.69) is 39.1 Å². The number of morpholine rings is 1. The Balaban J connectivity index is 1.50. The van der Waals surface area contributed by atoms with E-state index >= 15 is 0 Å². The van der Waals surface area contributed by atoms with Crippen LogP contribution in [0.1, 0.15) is 5.56 Å². The third kappa shape index (κ3) is 4.00. The zero-order valence-corrected chi connectivity index (χ0v) is 15.9. The summed E-state index contributed by atoms with van der Waals surface area (Å²) in [6.07, 6.45) is 1.45. The number of benzene rings is 2. The van der Waals surface area contributed by atoms with Crippen molar-refractivity contribution in [1.29, 1.82) is 0 Å². The lowest BCUT2D eigenvalue weighted by Gasteiger charge is -2.35. The lowest BCUT2D eigenvalue weighted by atomic mass is 10.1. The van der Waals surface area contributed by atoms with Crippen molar-refractivity contribution in [2.45, 2.75) is 12.6 Å². The molecule has 3 aromatic rings. The predicted molar refractivity (Wildman–Crippen MR) is 107 cm³/mol. The average Bonchev–Trinajstić information content (AvgIpc) is 2.73. The second-order valence-electron chi connectivity index (χ2n) is 6.77. The van der Waals surface area contributed by atoms with Gasteiger partial charge >= 0.3 is 0 Å². The van der Waals surface area contributed by atoms with Crippen LogP contribution in [-0.4, -0.2) is 54.4 Å². The molecule has 2 N–H and O–H groups in total. The molecule has 146 valence electrons. The highest BCUT2D eigenvalue weighted by molar-refractivity contribution is 5.90. The molecule has 0 bridgehead atoms. The van der Waals surface area contributed by atoms with Crippen molar-refractivity contribution in [3.05, 3.63) is 54.4 Å². The number of ether oxygens (including phenoxy) is 3. The average molecular weight is 380 g/mol. The van der Waals surface area contributed by atoms with Crippen LogP contribution in [0.3, 0.4) is 0 Å². The maximum Gasteiger partial charge on any atom is 0.163 e. The largest absolute Gasteiger partial charge is 0.493 e. The molecule has 28 heavy (non-hydrogen) atoms. The maximum absolute atomic E-state index is 6.14. The zero-order valence-electron chi connectivity index (χ0n) is 15.9. The first-order chi connectivity index (χ1) is 13.7. The summed E-state index contributed by atoms with van der Waals surface area (Å²) < 4.78 is 17.3. The number of fused-ring (bicyclic) bond motifs is 1. The van der Waals surface area contributed by atoms with E-state index in [1.54, 1.807) is 7.11 Å². The number of nitrogens with zero attached hydrogens (tertiary/aromatic N) is 3. The SMILES string of the molecule is COc1cc2c(N)ncnc2cc1OCC1COCCN1Cc1ccccc1. The minimum Gasteiger partial charge on any atom is -0.493 e. The van der Waals surface area contributed by atoms with Crippen LogP contribution in [-0.2, 0) is 11.3 Å². The van der Waals surface area contributed by atoms with Gasteiger partial charge in [0.2, 0.25) is 0 Å². The van der Waals surface area contributed by atoms with E-state index in [4.69, 9.17) is 19.9 Å². The van der Waals surface area contributed by atoms with Gasteiger partial charge in [-0.1, -0.05) is 30.3 Å². The Morgan fingerprint density at radius 3 is 2.86 bits per heavy atom. The third-order valence-corrected chi connectivity index (χ3v) is 4.96. The molecule has 2 aromatic carbocycles. The molecular formula is C21H24N4O3. The first-order valence-electron chi connectivity index (χ1n) is 9.31. The highest BCUT2D eigenvalue weighted by Crippen LogP contribution is 2.33. The number of hydrogen-bond acceptors (Lipinski definition) is 7. The smallest absolute Gasteiger partial charge is 0.163 e. The monoisotopic (exact) mass is 380 g/mol. The van der Waals surface area contributed by atoms with Gasteiger partial charge in [-0.05, 0) is 11.6 Å². The molecule has 0 saturated carbocycles. The van der Waals surface area contributed by atoms with E-state index in [0.717, 1.165) is 30.6 Å². The Bertz CT molecular complexity index is 936. The van der Waals surface area contributed by atoms with Crippen LogP contribution in [0, 0.1) is 0 Å². The van der Waals surface area contributed by atoms with Crippen molar-refractivity contribution < 1.29 is 14.2 Å². The van der Waals surface area contributed by atoms with Gasteiger partial charge in [-0.15, -0.1) is 0 Å². The predicted octanol–water partition coefficient (Wildman–Crippen LogP) is 2.50. The fourth-order valence-corrected chi connectivity index (χ4v) is 3.41. The number of hydrogen-bond donors (Lipinski definition) is 1. The quantitative estimate of drug-likeness (QED) is 0.703. The minimum absolute atomic E-state index is 0.157. The van der Waals surface area contributed by atoms with Crippen molar-refractivity contribution >= 4 is 16.7 Å². The van der Waals surface area contributed by atoms with Gasteiger partial charge in [-0.3, -0.25) is 4.90 Å². The van der Waals surface area contributed by atoms with E-state index in [0.29, 0.717) is 30.5 Å². The molecule has 0 radical (unpaired) electrons. The second-order valence-corrected chi connectivity index (χ2v) is 6.77. The first kappa shape index (κ1) is 18.5. The van der Waals surface area contributed by atoms with Crippen molar-refractivity contribution in [1.82, 2.24) is 14.9 Å². The summed E-state index contributed by atoms with van der Waals surface area (Å²) in [6, 6.07) is 14.3. The third-order valence-electron chi connectivity index (χ3n) is 4.96. The molecule has 1 saturated heterocycles. The number of aromatic nitrogens is 2. The lowest BCUT2D eigenvalue weighted by Crippen LogP contribution is -2.48. The lowest BCUT2D eigenvalue weighted by molar-refractivity contribution is -0.0276. The molecule has 0 aliphatic carbocycles. The van der Waals surface area contributed by atoms with E-state index in [1.807, 2.05) is 18.2 Å². The Morgan fingerprint density at radius 2 is 2.04 bits per heavy atom. The molecule has 1 aliphatic rings. The van der Waals surface area contributed by atoms with Crippen LogP contribution >= 0.6 is 0 Å². The zero-order chi connectivity index (χ0) is 19.3. The van der Waals surface area contributed by atoms with Crippen molar-refractivity contribution in [3.8, 4) is 11.5 Å². The topological polar surface area (TPSA) is 82.7 Å². The molecule has 0 spiro atoms. The van der Waals surface area contributed by atoms with Crippen LogP contribution in [0.25, 0.3) is 10.9 Å². The Kier molecular flexibility index (Phi) is 5.55. The Labute approximate surface area is 164 Å².